The molecule has 0 bridgehead atoms. The number of hydrogen-bond acceptors (Lipinski definition) is 4. The second-order valence-corrected chi connectivity index (χ2v) is 9.05. The van der Waals surface area contributed by atoms with Crippen molar-refractivity contribution in [2.45, 2.75) is 32.9 Å². The molecular formula is C24H24Cl2N4O2S. The standard InChI is InChI=1S/C24H24Cl2N4O2S/c1-4-32-21(31)13-29-23(22(28-24(29)33)19-7-5-6-10-27-19)17-11-14(2)30(15(17)3)20-9-8-16(25)12-18(20)26/h5-12,22-23H,4,13H2,1-3H3,(H,28,33)/t22-,23-/m0/s1. The number of aryl methyl sites for hydroxylation is 1. The summed E-state index contributed by atoms with van der Waals surface area (Å²) in [5.74, 6) is -0.331. The largest absolute Gasteiger partial charge is 0.465 e. The molecule has 1 aliphatic rings. The molecule has 4 rings (SSSR count). The van der Waals surface area contributed by atoms with Crippen molar-refractivity contribution in [3.63, 3.8) is 0 Å². The van der Waals surface area contributed by atoms with Gasteiger partial charge in [-0.25, -0.2) is 0 Å². The Morgan fingerprint density at radius 1 is 1.21 bits per heavy atom. The van der Waals surface area contributed by atoms with E-state index in [-0.39, 0.29) is 24.6 Å². The lowest BCUT2D eigenvalue weighted by molar-refractivity contribution is -0.143. The number of carbonyl (C=O) groups is 1. The first-order valence-corrected chi connectivity index (χ1v) is 11.8. The number of ether oxygens (including phenoxy) is 1. The summed E-state index contributed by atoms with van der Waals surface area (Å²) < 4.78 is 7.30. The molecule has 33 heavy (non-hydrogen) atoms. The number of nitrogens with zero attached hydrogens (tertiary/aromatic N) is 3. The monoisotopic (exact) mass is 502 g/mol. The van der Waals surface area contributed by atoms with Crippen molar-refractivity contribution in [1.82, 2.24) is 19.8 Å². The first kappa shape index (κ1) is 23.5. The van der Waals surface area contributed by atoms with Gasteiger partial charge in [-0.2, -0.15) is 0 Å². The summed E-state index contributed by atoms with van der Waals surface area (Å²) in [6, 6.07) is 12.8. The van der Waals surface area contributed by atoms with Crippen molar-refractivity contribution in [2.75, 3.05) is 13.2 Å². The number of carbonyl (C=O) groups excluding carboxylic acids is 1. The molecule has 172 valence electrons. The van der Waals surface area contributed by atoms with Gasteiger partial charge in [0.05, 0.1) is 35.1 Å². The summed E-state index contributed by atoms with van der Waals surface area (Å²) in [5.41, 5.74) is 4.68. The Morgan fingerprint density at radius 3 is 2.67 bits per heavy atom. The molecule has 1 fully saturated rings. The third-order valence-corrected chi connectivity index (χ3v) is 6.63. The molecule has 1 saturated heterocycles. The molecule has 0 spiro atoms. The Balaban J connectivity index is 1.83. The fraction of sp³-hybridized carbons (Fsp3) is 0.292. The van der Waals surface area contributed by atoms with Gasteiger partial charge in [0.2, 0.25) is 0 Å². The van der Waals surface area contributed by atoms with Gasteiger partial charge in [-0.05, 0) is 75.0 Å². The Morgan fingerprint density at radius 2 is 2.00 bits per heavy atom. The molecule has 0 saturated carbocycles. The van der Waals surface area contributed by atoms with Crippen LogP contribution in [-0.2, 0) is 9.53 Å². The maximum Gasteiger partial charge on any atom is 0.325 e. The number of hydrogen-bond donors (Lipinski definition) is 1. The third-order valence-electron chi connectivity index (χ3n) is 5.74. The smallest absolute Gasteiger partial charge is 0.325 e. The van der Waals surface area contributed by atoms with Crippen LogP contribution in [-0.4, -0.2) is 38.7 Å². The molecule has 1 aliphatic heterocycles. The second-order valence-electron chi connectivity index (χ2n) is 7.82. The molecule has 3 heterocycles. The molecular weight excluding hydrogens is 479 g/mol. The van der Waals surface area contributed by atoms with Crippen LogP contribution in [0.2, 0.25) is 10.0 Å². The highest BCUT2D eigenvalue weighted by Gasteiger charge is 2.42. The molecule has 0 amide bonds. The van der Waals surface area contributed by atoms with Crippen molar-refractivity contribution >= 4 is 46.5 Å². The maximum absolute atomic E-state index is 12.4. The van der Waals surface area contributed by atoms with E-state index in [2.05, 4.69) is 20.9 Å². The highest BCUT2D eigenvalue weighted by Crippen LogP contribution is 2.41. The SMILES string of the molecule is CCOC(=O)CN1C(=S)N[C@@H](c2ccccn2)[C@@H]1c1cc(C)n(-c2ccc(Cl)cc2Cl)c1C. The molecule has 2 aromatic heterocycles. The number of thiocarbonyl (C=S) groups is 1. The number of halogens is 2. The lowest BCUT2D eigenvalue weighted by atomic mass is 9.97. The highest BCUT2D eigenvalue weighted by molar-refractivity contribution is 7.80. The van der Waals surface area contributed by atoms with Gasteiger partial charge < -0.3 is 19.5 Å². The van der Waals surface area contributed by atoms with E-state index in [9.17, 15) is 4.79 Å². The van der Waals surface area contributed by atoms with Crippen LogP contribution in [0.15, 0.2) is 48.7 Å². The van der Waals surface area contributed by atoms with Crippen molar-refractivity contribution in [2.24, 2.45) is 0 Å². The molecule has 2 atom stereocenters. The van der Waals surface area contributed by atoms with Crippen LogP contribution in [0, 0.1) is 13.8 Å². The van der Waals surface area contributed by atoms with Crippen molar-refractivity contribution in [3.8, 4) is 5.69 Å². The van der Waals surface area contributed by atoms with Crippen molar-refractivity contribution < 1.29 is 9.53 Å². The van der Waals surface area contributed by atoms with E-state index in [1.807, 2.05) is 49.1 Å². The lowest BCUT2D eigenvalue weighted by Gasteiger charge is -2.27. The summed E-state index contributed by atoms with van der Waals surface area (Å²) in [7, 11) is 0. The Bertz CT molecular complexity index is 1200. The summed E-state index contributed by atoms with van der Waals surface area (Å²) >= 11 is 18.3. The van der Waals surface area contributed by atoms with Crippen LogP contribution in [0.4, 0.5) is 0 Å². The summed E-state index contributed by atoms with van der Waals surface area (Å²) in [4.78, 5) is 18.8. The van der Waals surface area contributed by atoms with Gasteiger partial charge in [0.25, 0.3) is 0 Å². The van der Waals surface area contributed by atoms with Gasteiger partial charge in [0, 0.05) is 22.6 Å². The molecule has 6 nitrogen and oxygen atoms in total. The Labute approximate surface area is 208 Å². The normalized spacial score (nSPS) is 17.8. The minimum atomic E-state index is -0.331. The average Bonchev–Trinajstić information content (AvgIpc) is 3.25. The van der Waals surface area contributed by atoms with E-state index in [4.69, 9.17) is 40.2 Å². The first-order valence-electron chi connectivity index (χ1n) is 10.6. The number of pyridine rings is 1. The van der Waals surface area contributed by atoms with E-state index in [1.54, 1.807) is 19.2 Å². The van der Waals surface area contributed by atoms with Gasteiger partial charge in [0.1, 0.15) is 6.54 Å². The minimum Gasteiger partial charge on any atom is -0.465 e. The van der Waals surface area contributed by atoms with Gasteiger partial charge in [-0.1, -0.05) is 29.3 Å². The van der Waals surface area contributed by atoms with Gasteiger partial charge in [0.15, 0.2) is 5.11 Å². The average molecular weight is 503 g/mol. The van der Waals surface area contributed by atoms with Crippen LogP contribution in [0.3, 0.4) is 0 Å². The van der Waals surface area contributed by atoms with Gasteiger partial charge in [-0.3, -0.25) is 9.78 Å². The molecule has 3 aromatic rings. The van der Waals surface area contributed by atoms with E-state index in [0.29, 0.717) is 21.8 Å². The molecule has 0 aliphatic carbocycles. The summed E-state index contributed by atoms with van der Waals surface area (Å²) in [6.07, 6.45) is 1.75. The molecule has 0 radical (unpaired) electrons. The number of aromatic nitrogens is 2. The van der Waals surface area contributed by atoms with Crippen LogP contribution < -0.4 is 5.32 Å². The highest BCUT2D eigenvalue weighted by atomic mass is 35.5. The van der Waals surface area contributed by atoms with Crippen LogP contribution in [0.25, 0.3) is 5.69 Å². The number of benzene rings is 1. The molecule has 1 N–H and O–H groups in total. The zero-order valence-corrected chi connectivity index (χ0v) is 20.8. The third kappa shape index (κ3) is 4.58. The van der Waals surface area contributed by atoms with E-state index >= 15 is 0 Å². The van der Waals surface area contributed by atoms with Crippen LogP contribution >= 0.6 is 35.4 Å². The number of esters is 1. The van der Waals surface area contributed by atoms with E-state index < -0.39 is 0 Å². The van der Waals surface area contributed by atoms with Gasteiger partial charge in [-0.15, -0.1) is 0 Å². The first-order chi connectivity index (χ1) is 15.8. The van der Waals surface area contributed by atoms with Gasteiger partial charge >= 0.3 is 5.97 Å². The molecule has 9 heteroatoms. The molecule has 1 aromatic carbocycles. The quantitative estimate of drug-likeness (QED) is 0.363. The second kappa shape index (κ2) is 9.71. The predicted octanol–water partition coefficient (Wildman–Crippen LogP) is 5.33. The summed E-state index contributed by atoms with van der Waals surface area (Å²) in [6.45, 7) is 6.19. The fourth-order valence-electron chi connectivity index (χ4n) is 4.38. The van der Waals surface area contributed by atoms with Crippen molar-refractivity contribution in [3.05, 3.63) is 81.4 Å². The minimum absolute atomic E-state index is 0.0407. The van der Waals surface area contributed by atoms with E-state index in [1.165, 1.54) is 0 Å². The molecule has 0 unspecified atom stereocenters. The van der Waals surface area contributed by atoms with Crippen molar-refractivity contribution in [1.29, 1.82) is 0 Å². The Hall–Kier alpha value is -2.61. The van der Waals surface area contributed by atoms with E-state index in [0.717, 1.165) is 28.3 Å². The van der Waals surface area contributed by atoms with Crippen LogP contribution in [0.5, 0.6) is 0 Å². The lowest BCUT2D eigenvalue weighted by Crippen LogP contribution is -2.35. The zero-order chi connectivity index (χ0) is 23.7. The zero-order valence-electron chi connectivity index (χ0n) is 18.5. The predicted molar refractivity (Wildman–Crippen MR) is 134 cm³/mol. The maximum atomic E-state index is 12.4. The van der Waals surface area contributed by atoms with Crippen LogP contribution in [0.1, 0.15) is 41.7 Å². The topological polar surface area (TPSA) is 59.4 Å². The Kier molecular flexibility index (Phi) is 6.93. The number of nitrogens with one attached hydrogen (secondary N) is 1. The fourth-order valence-corrected chi connectivity index (χ4v) is 5.18. The number of rotatable bonds is 6. The summed E-state index contributed by atoms with van der Waals surface area (Å²) in [5, 5.41) is 4.98.